The van der Waals surface area contributed by atoms with Crippen LogP contribution < -0.4 is 10.2 Å². The molecule has 0 fully saturated rings. The first-order valence-electron chi connectivity index (χ1n) is 10.8. The highest BCUT2D eigenvalue weighted by molar-refractivity contribution is 6.06. The predicted molar refractivity (Wildman–Crippen MR) is 124 cm³/mol. The summed E-state index contributed by atoms with van der Waals surface area (Å²) in [6.07, 6.45) is 2.08. The summed E-state index contributed by atoms with van der Waals surface area (Å²) in [5.74, 6) is -0.443. The number of hydrazone groups is 1. The number of hydrogen-bond donors (Lipinski definition) is 1. The predicted octanol–water partition coefficient (Wildman–Crippen LogP) is 4.37. The summed E-state index contributed by atoms with van der Waals surface area (Å²) in [4.78, 5) is 36.9. The first-order valence-corrected chi connectivity index (χ1v) is 10.8. The number of fused-ring (bicyclic) bond motifs is 1. The van der Waals surface area contributed by atoms with E-state index in [2.05, 4.69) is 15.3 Å². The fraction of sp³-hybridized carbons (Fsp3) is 0.231. The Morgan fingerprint density at radius 1 is 0.971 bits per heavy atom. The Kier molecular flexibility index (Phi) is 6.58. The molecule has 0 saturated heterocycles. The lowest BCUT2D eigenvalue weighted by molar-refractivity contribution is 0.0600. The van der Waals surface area contributed by atoms with Gasteiger partial charge in [-0.25, -0.2) is 15.0 Å². The van der Waals surface area contributed by atoms with Crippen molar-refractivity contribution >= 4 is 23.6 Å². The summed E-state index contributed by atoms with van der Waals surface area (Å²) >= 11 is 0. The Balaban J connectivity index is 1.53. The van der Waals surface area contributed by atoms with E-state index in [1.165, 1.54) is 31.4 Å². The molecule has 174 valence electrons. The molecule has 1 N–H and O–H groups in total. The van der Waals surface area contributed by atoms with Gasteiger partial charge in [0.1, 0.15) is 11.5 Å². The van der Waals surface area contributed by atoms with Crippen LogP contribution in [0.3, 0.4) is 0 Å². The van der Waals surface area contributed by atoms with Gasteiger partial charge in [-0.1, -0.05) is 17.7 Å². The highest BCUT2D eigenvalue weighted by atomic mass is 16.5. The van der Waals surface area contributed by atoms with E-state index in [0.29, 0.717) is 41.0 Å². The largest absolute Gasteiger partial charge is 0.465 e. The number of aryl methyl sites for hydroxylation is 2. The van der Waals surface area contributed by atoms with E-state index in [1.807, 2.05) is 19.1 Å². The molecule has 8 heteroatoms. The zero-order chi connectivity index (χ0) is 24.2. The van der Waals surface area contributed by atoms with E-state index in [1.54, 1.807) is 19.1 Å². The molecule has 34 heavy (non-hydrogen) atoms. The molecule has 3 aromatic rings. The summed E-state index contributed by atoms with van der Waals surface area (Å²) in [5.41, 5.74) is 6.45. The van der Waals surface area contributed by atoms with Crippen LogP contribution in [0, 0.1) is 13.8 Å². The molecule has 1 aromatic heterocycles. The van der Waals surface area contributed by atoms with Gasteiger partial charge in [-0.05, 0) is 63.1 Å². The zero-order valence-electron chi connectivity index (χ0n) is 19.1. The maximum atomic E-state index is 12.8. The van der Waals surface area contributed by atoms with Crippen LogP contribution in [0.2, 0.25) is 0 Å². The number of benzene rings is 2. The number of nitrogens with zero attached hydrogens (tertiary/aromatic N) is 1. The van der Waals surface area contributed by atoms with Gasteiger partial charge in [-0.15, -0.1) is 0 Å². The molecule has 1 aliphatic rings. The quantitative estimate of drug-likeness (QED) is 0.344. The third-order valence-electron chi connectivity index (χ3n) is 5.57. The second-order valence-electron chi connectivity index (χ2n) is 7.98. The molecule has 0 atom stereocenters. The zero-order valence-corrected chi connectivity index (χ0v) is 19.1. The van der Waals surface area contributed by atoms with Crippen LogP contribution in [0.5, 0.6) is 5.75 Å². The van der Waals surface area contributed by atoms with Gasteiger partial charge < -0.3 is 13.9 Å². The molecule has 8 nitrogen and oxygen atoms in total. The minimum Gasteiger partial charge on any atom is -0.465 e. The molecular formula is C26H24N2O6. The molecular weight excluding hydrogens is 436 g/mol. The van der Waals surface area contributed by atoms with Crippen LogP contribution in [0.1, 0.15) is 66.6 Å². The average molecular weight is 460 g/mol. The van der Waals surface area contributed by atoms with Gasteiger partial charge in [-0.2, -0.15) is 5.10 Å². The highest BCUT2D eigenvalue weighted by Crippen LogP contribution is 2.30. The van der Waals surface area contributed by atoms with Crippen molar-refractivity contribution in [2.75, 3.05) is 7.11 Å². The summed E-state index contributed by atoms with van der Waals surface area (Å²) in [6, 6.07) is 13.3. The van der Waals surface area contributed by atoms with Crippen molar-refractivity contribution in [3.63, 3.8) is 0 Å². The van der Waals surface area contributed by atoms with Gasteiger partial charge in [0.05, 0.1) is 18.4 Å². The van der Waals surface area contributed by atoms with E-state index < -0.39 is 11.9 Å². The number of ether oxygens (including phenoxy) is 2. The SMILES string of the molecule is COC(=O)c1ccc(OC(=O)c2oc3c(c2C)/C(=N/NC(=O)c2cccc(C)c2)CCC3)cc1. The van der Waals surface area contributed by atoms with E-state index in [0.717, 1.165) is 17.5 Å². The molecule has 0 unspecified atom stereocenters. The van der Waals surface area contributed by atoms with Crippen molar-refractivity contribution < 1.29 is 28.3 Å². The third kappa shape index (κ3) is 4.76. The smallest absolute Gasteiger partial charge is 0.379 e. The number of carbonyl (C=O) groups excluding carboxylic acids is 3. The standard InChI is InChI=1S/C26H24N2O6/c1-15-6-4-7-18(14-15)24(29)28-27-20-8-5-9-21-22(20)16(2)23(34-21)26(31)33-19-12-10-17(11-13-19)25(30)32-3/h4,6-7,10-14H,5,8-9H2,1-3H3,(H,28,29)/b27-20+. The van der Waals surface area contributed by atoms with Gasteiger partial charge in [0.2, 0.25) is 5.76 Å². The van der Waals surface area contributed by atoms with Crippen LogP contribution in [0.4, 0.5) is 0 Å². The molecule has 4 rings (SSSR count). The minimum atomic E-state index is -0.652. The van der Waals surface area contributed by atoms with Crippen LogP contribution in [0.15, 0.2) is 58.0 Å². The van der Waals surface area contributed by atoms with E-state index >= 15 is 0 Å². The lowest BCUT2D eigenvalue weighted by Gasteiger charge is -2.13. The van der Waals surface area contributed by atoms with E-state index in [-0.39, 0.29) is 17.4 Å². The lowest BCUT2D eigenvalue weighted by atomic mass is 9.93. The summed E-state index contributed by atoms with van der Waals surface area (Å²) in [5, 5.41) is 4.34. The third-order valence-corrected chi connectivity index (χ3v) is 5.57. The van der Waals surface area contributed by atoms with Crippen molar-refractivity contribution in [2.45, 2.75) is 33.1 Å². The Hall–Kier alpha value is -4.20. The fourth-order valence-corrected chi connectivity index (χ4v) is 3.87. The second-order valence-corrected chi connectivity index (χ2v) is 7.98. The number of methoxy groups -OCH3 is 1. The Morgan fingerprint density at radius 2 is 1.74 bits per heavy atom. The van der Waals surface area contributed by atoms with Crippen molar-refractivity contribution in [1.82, 2.24) is 5.43 Å². The number of hydrogen-bond acceptors (Lipinski definition) is 7. The number of furan rings is 1. The van der Waals surface area contributed by atoms with Crippen LogP contribution in [-0.2, 0) is 11.2 Å². The second kappa shape index (κ2) is 9.74. The van der Waals surface area contributed by atoms with Crippen LogP contribution in [0.25, 0.3) is 0 Å². The molecule has 0 spiro atoms. The summed E-state index contributed by atoms with van der Waals surface area (Å²) in [7, 11) is 1.29. The van der Waals surface area contributed by atoms with Gasteiger partial charge >= 0.3 is 11.9 Å². The number of rotatable bonds is 5. The van der Waals surface area contributed by atoms with Crippen LogP contribution >= 0.6 is 0 Å². The molecule has 1 amide bonds. The molecule has 0 aliphatic heterocycles. The number of nitrogens with one attached hydrogen (secondary N) is 1. The van der Waals surface area contributed by atoms with Crippen molar-refractivity contribution in [2.24, 2.45) is 5.10 Å². The van der Waals surface area contributed by atoms with Gasteiger partial charge in [-0.3, -0.25) is 4.79 Å². The van der Waals surface area contributed by atoms with Gasteiger partial charge in [0.15, 0.2) is 0 Å². The molecule has 2 aromatic carbocycles. The van der Waals surface area contributed by atoms with Crippen LogP contribution in [-0.4, -0.2) is 30.7 Å². The first-order chi connectivity index (χ1) is 16.4. The number of carbonyl (C=O) groups is 3. The fourth-order valence-electron chi connectivity index (χ4n) is 3.87. The van der Waals surface area contributed by atoms with Crippen molar-refractivity contribution in [1.29, 1.82) is 0 Å². The van der Waals surface area contributed by atoms with Crippen molar-refractivity contribution in [3.05, 3.63) is 87.9 Å². The topological polar surface area (TPSA) is 107 Å². The maximum absolute atomic E-state index is 12.8. The normalized spacial score (nSPS) is 13.8. The Bertz CT molecular complexity index is 1290. The molecule has 0 radical (unpaired) electrons. The monoisotopic (exact) mass is 460 g/mol. The van der Waals surface area contributed by atoms with Crippen molar-refractivity contribution in [3.8, 4) is 5.75 Å². The number of amides is 1. The van der Waals surface area contributed by atoms with E-state index in [4.69, 9.17) is 9.15 Å². The lowest BCUT2D eigenvalue weighted by Crippen LogP contribution is -2.22. The minimum absolute atomic E-state index is 0.0849. The van der Waals surface area contributed by atoms with Gasteiger partial charge in [0.25, 0.3) is 5.91 Å². The highest BCUT2D eigenvalue weighted by Gasteiger charge is 2.29. The summed E-state index contributed by atoms with van der Waals surface area (Å²) in [6.45, 7) is 3.68. The molecule has 1 heterocycles. The summed E-state index contributed by atoms with van der Waals surface area (Å²) < 4.78 is 15.9. The van der Waals surface area contributed by atoms with Gasteiger partial charge in [0, 0.05) is 23.1 Å². The Labute approximate surface area is 196 Å². The average Bonchev–Trinajstić information content (AvgIpc) is 3.19. The Morgan fingerprint density at radius 3 is 2.44 bits per heavy atom. The van der Waals surface area contributed by atoms with E-state index in [9.17, 15) is 14.4 Å². The first kappa shape index (κ1) is 23.0. The molecule has 0 saturated carbocycles. The molecule has 1 aliphatic carbocycles. The maximum Gasteiger partial charge on any atom is 0.379 e. The number of esters is 2. The molecule has 0 bridgehead atoms.